The number of rotatable bonds is 16. The molecule has 0 unspecified atom stereocenters. The van der Waals surface area contributed by atoms with E-state index in [4.69, 9.17) is 88.6 Å². The van der Waals surface area contributed by atoms with Gasteiger partial charge in [0.05, 0.1) is 69.7 Å². The number of aromatic nitrogens is 4. The Labute approximate surface area is 552 Å². The lowest BCUT2D eigenvalue weighted by Gasteiger charge is -2.53. The molecule has 5 saturated heterocycles. The molecule has 24 heteroatoms. The Morgan fingerprint density at radius 1 is 0.591 bits per heavy atom. The van der Waals surface area contributed by atoms with Gasteiger partial charge in [-0.15, -0.1) is 0 Å². The summed E-state index contributed by atoms with van der Waals surface area (Å²) in [7, 11) is -8.32. The molecule has 5 aliphatic heterocycles. The Balaban J connectivity index is 0.000000221. The first kappa shape index (κ1) is 70.4. The maximum absolute atomic E-state index is 7.09. The zero-order valence-electron chi connectivity index (χ0n) is 56.6. The molecule has 0 radical (unpaired) electrons. The Morgan fingerprint density at radius 3 is 1.39 bits per heavy atom. The van der Waals surface area contributed by atoms with Gasteiger partial charge in [0.15, 0.2) is 12.2 Å². The van der Waals surface area contributed by atoms with E-state index < -0.39 is 51.6 Å². The van der Waals surface area contributed by atoms with Crippen LogP contribution in [-0.2, 0) is 59.4 Å². The lowest BCUT2D eigenvalue weighted by atomic mass is 9.78. The highest BCUT2D eigenvalue weighted by Gasteiger charge is 2.66. The molecule has 5 aromatic rings. The molecule has 488 valence electrons. The van der Waals surface area contributed by atoms with Crippen molar-refractivity contribution in [3.63, 3.8) is 0 Å². The number of fused-ring (bicyclic) bond motifs is 4. The molecule has 0 N–H and O–H groups in total. The lowest BCUT2D eigenvalue weighted by molar-refractivity contribution is -0.0660. The van der Waals surface area contributed by atoms with Gasteiger partial charge in [0, 0.05) is 58.6 Å². The van der Waals surface area contributed by atoms with Crippen molar-refractivity contribution in [1.82, 2.24) is 19.1 Å². The predicted molar refractivity (Wildman–Crippen MR) is 372 cm³/mol. The van der Waals surface area contributed by atoms with Crippen LogP contribution in [0.15, 0.2) is 48.5 Å². The SMILES string of the molecule is CC(C)(C)[Si]1(C(C)(C)C)OC[C@H]2OC[C@@H](Oc3nc4cc(I)c(Cl)cc4n3COCC[Si](C)(C)C)[C@@H]2O1.CC1(C)OB(c2ccc(-c3cc4nc(O[C@@H]5CO[C@@H]6CO[Si](C(C)(C)C)(C(C)(C)C)O[C@H]65)n(COCC[Si](C)(C)C)c4cc3Cl)cc2)OC1(C)C. The van der Waals surface area contributed by atoms with Gasteiger partial charge in [-0.05, 0) is 97.7 Å². The Kier molecular flexibility index (Phi) is 20.5. The molecule has 0 spiro atoms. The summed E-state index contributed by atoms with van der Waals surface area (Å²) in [4.78, 5) is 9.91. The number of nitrogens with zero attached hydrogens (tertiary/aromatic N) is 4. The van der Waals surface area contributed by atoms with Gasteiger partial charge in [-0.1, -0.05) is 170 Å². The molecule has 5 fully saturated rings. The molecule has 2 aromatic heterocycles. The highest BCUT2D eigenvalue weighted by Crippen LogP contribution is 2.57. The minimum absolute atomic E-state index is 0.117. The average molecular weight is 1440 g/mol. The molecule has 7 heterocycles. The first-order valence-corrected chi connectivity index (χ1v) is 44.3. The number of halogens is 3. The van der Waals surface area contributed by atoms with Crippen LogP contribution in [0.3, 0.4) is 0 Å². The molecule has 5 aliphatic rings. The normalized spacial score (nSPS) is 24.6. The fourth-order valence-corrected chi connectivity index (χ4v) is 25.1. The zero-order chi connectivity index (χ0) is 64.8. The summed E-state index contributed by atoms with van der Waals surface area (Å²) >= 11 is 15.8. The monoisotopic (exact) mass is 1440 g/mol. The van der Waals surface area contributed by atoms with Gasteiger partial charge in [-0.25, -0.2) is 0 Å². The fourth-order valence-electron chi connectivity index (χ4n) is 12.8. The van der Waals surface area contributed by atoms with E-state index in [2.05, 4.69) is 185 Å². The molecule has 0 amide bonds. The Hall–Kier alpha value is -1.96. The Morgan fingerprint density at radius 2 is 0.989 bits per heavy atom. The maximum atomic E-state index is 7.09. The van der Waals surface area contributed by atoms with Crippen molar-refractivity contribution in [1.29, 1.82) is 0 Å². The summed E-state index contributed by atoms with van der Waals surface area (Å²) in [6, 6.07) is 19.2. The molecule has 0 saturated carbocycles. The van der Waals surface area contributed by atoms with Gasteiger partial charge in [0.1, 0.15) is 37.9 Å². The van der Waals surface area contributed by atoms with Crippen LogP contribution in [0.25, 0.3) is 33.2 Å². The second-order valence-corrected chi connectivity index (χ2v) is 54.9. The van der Waals surface area contributed by atoms with Crippen LogP contribution in [-0.4, -0.2) is 147 Å². The van der Waals surface area contributed by atoms with Crippen LogP contribution in [0.1, 0.15) is 111 Å². The molecular weight excluding hydrogens is 1340 g/mol. The topological polar surface area (TPSA) is 146 Å². The summed E-state index contributed by atoms with van der Waals surface area (Å²) in [5.74, 6) is 0. The number of hydrogen-bond donors (Lipinski definition) is 0. The molecule has 3 aromatic carbocycles. The van der Waals surface area contributed by atoms with Crippen LogP contribution in [0.5, 0.6) is 12.0 Å². The minimum atomic E-state index is -2.74. The van der Waals surface area contributed by atoms with E-state index in [0.717, 1.165) is 54.3 Å². The Bertz CT molecular complexity index is 3230. The summed E-state index contributed by atoms with van der Waals surface area (Å²) in [5.41, 5.74) is 5.33. The summed E-state index contributed by atoms with van der Waals surface area (Å²) < 4.78 is 82.9. The van der Waals surface area contributed by atoms with Crippen LogP contribution < -0.4 is 14.9 Å². The molecule has 88 heavy (non-hydrogen) atoms. The van der Waals surface area contributed by atoms with E-state index in [0.29, 0.717) is 75.2 Å². The van der Waals surface area contributed by atoms with Crippen molar-refractivity contribution in [3.05, 3.63) is 62.1 Å². The highest BCUT2D eigenvalue weighted by molar-refractivity contribution is 14.1. The summed E-state index contributed by atoms with van der Waals surface area (Å²) in [6.07, 6.45) is -1.50. The fraction of sp³-hybridized carbons (Fsp3) is 0.688. The van der Waals surface area contributed by atoms with Crippen LogP contribution >= 0.6 is 45.8 Å². The van der Waals surface area contributed by atoms with E-state index in [9.17, 15) is 0 Å². The highest BCUT2D eigenvalue weighted by atomic mass is 127. The van der Waals surface area contributed by atoms with Crippen molar-refractivity contribution in [3.8, 4) is 23.1 Å². The molecule has 6 atom stereocenters. The van der Waals surface area contributed by atoms with Crippen LogP contribution in [0, 0.1) is 3.57 Å². The quantitative estimate of drug-likeness (QED) is 0.0524. The molecule has 0 aliphatic carbocycles. The maximum Gasteiger partial charge on any atom is 0.494 e. The largest absolute Gasteiger partial charge is 0.494 e. The van der Waals surface area contributed by atoms with Crippen molar-refractivity contribution >= 4 is 114 Å². The van der Waals surface area contributed by atoms with Gasteiger partial charge >= 0.3 is 24.2 Å². The van der Waals surface area contributed by atoms with Crippen molar-refractivity contribution < 1.29 is 55.4 Å². The minimum Gasteiger partial charge on any atom is -0.456 e. The van der Waals surface area contributed by atoms with Gasteiger partial charge in [0.2, 0.25) is 0 Å². The third kappa shape index (κ3) is 14.6. The second-order valence-electron chi connectivity index (χ2n) is 32.2. The standard InChI is InChI=1S/C38H58BClN2O7Si2.C26H42ClIN2O5Si2/c1-35(2,3)51(36(4,5)6)45-23-31-33(47-51)32(22-44-31)46-34-41-29-20-27(28(40)21-30(29)42(34)24-43-18-19-50(11,12)13)25-14-16-26(17-15-25)39-48-37(7,8)38(9,10)49-39;1-25(2,3)37(26(4,5)6)33-15-21-23(35-37)22(14-32-21)34-24-29-19-13-18(28)17(27)12-20(19)30(24)16-31-10-11-36(7,8)9/h14-17,20-21,31-33H,18-19,22-24H2,1-13H3;12-13,21-23H,10-11,14-16H2,1-9H3/t31-,32-,33-;21-,22-,23-/m11/s1. The second kappa shape index (κ2) is 25.6. The third-order valence-electron chi connectivity index (χ3n) is 18.1. The number of ether oxygens (including phenoxy) is 6. The molecule has 16 nitrogen and oxygen atoms in total. The van der Waals surface area contributed by atoms with Crippen molar-refractivity contribution in [2.24, 2.45) is 0 Å². The van der Waals surface area contributed by atoms with E-state index in [1.165, 1.54) is 0 Å². The van der Waals surface area contributed by atoms with Crippen LogP contribution in [0.4, 0.5) is 0 Å². The van der Waals surface area contributed by atoms with Crippen molar-refractivity contribution in [2.75, 3.05) is 39.6 Å². The van der Waals surface area contributed by atoms with Gasteiger partial charge in [-0.3, -0.25) is 9.13 Å². The predicted octanol–water partition coefficient (Wildman–Crippen LogP) is 15.8. The number of benzene rings is 3. The van der Waals surface area contributed by atoms with E-state index in [1.54, 1.807) is 0 Å². The zero-order valence-corrected chi connectivity index (χ0v) is 64.2. The third-order valence-corrected chi connectivity index (χ3v) is 33.6. The smallest absolute Gasteiger partial charge is 0.456 e. The number of imidazole rings is 2. The molecule has 10 rings (SSSR count). The number of hydrogen-bond acceptors (Lipinski definition) is 14. The first-order valence-electron chi connectivity index (χ1n) is 31.4. The van der Waals surface area contributed by atoms with Gasteiger partial charge in [-0.2, -0.15) is 9.97 Å². The van der Waals surface area contributed by atoms with Gasteiger partial charge in [0.25, 0.3) is 12.0 Å². The first-order chi connectivity index (χ1) is 40.5. The van der Waals surface area contributed by atoms with Crippen LogP contribution in [0.2, 0.25) is 81.6 Å². The van der Waals surface area contributed by atoms with Crippen molar-refractivity contribution in [2.45, 2.75) is 244 Å². The average Bonchev–Trinajstić information content (AvgIpc) is 1.34. The molecule has 0 bridgehead atoms. The summed E-state index contributed by atoms with van der Waals surface area (Å²) in [6.45, 7) is 52.9. The van der Waals surface area contributed by atoms with Gasteiger partial charge < -0.3 is 55.4 Å². The lowest BCUT2D eigenvalue weighted by Crippen LogP contribution is -2.65. The summed E-state index contributed by atoms with van der Waals surface area (Å²) in [5, 5.41) is 0.754. The van der Waals surface area contributed by atoms with E-state index >= 15 is 0 Å². The molecular formula is C64H100BCl2IN4O12Si4. The van der Waals surface area contributed by atoms with E-state index in [1.807, 2.05) is 45.5 Å². The van der Waals surface area contributed by atoms with E-state index in [-0.39, 0.29) is 56.8 Å².